The standard InChI is InChI=1S/C19H33N5O2/c1-13-8-14(2)10-23(9-13)11-15(3)20-19(25)24-7-5-6-17(12-24)18-21-16(4)22-26-18/h13-15,17H,5-12H2,1-4H3,(H,20,25). The molecule has 7 nitrogen and oxygen atoms in total. The normalized spacial score (nSPS) is 28.8. The zero-order valence-electron chi connectivity index (χ0n) is 16.6. The number of nitrogens with zero attached hydrogens (tertiary/aromatic N) is 4. The molecule has 1 N–H and O–H groups in total. The highest BCUT2D eigenvalue weighted by molar-refractivity contribution is 5.74. The average molecular weight is 364 g/mol. The van der Waals surface area contributed by atoms with Gasteiger partial charge in [0, 0.05) is 38.8 Å². The fourth-order valence-electron chi connectivity index (χ4n) is 4.52. The van der Waals surface area contributed by atoms with Crippen LogP contribution in [0, 0.1) is 18.8 Å². The lowest BCUT2D eigenvalue weighted by Crippen LogP contribution is -2.51. The molecule has 2 saturated heterocycles. The van der Waals surface area contributed by atoms with Gasteiger partial charge in [-0.25, -0.2) is 4.79 Å². The summed E-state index contributed by atoms with van der Waals surface area (Å²) in [7, 11) is 0. The molecule has 0 spiro atoms. The Bertz CT molecular complexity index is 595. The largest absolute Gasteiger partial charge is 0.339 e. The molecule has 0 aromatic carbocycles. The number of nitrogens with one attached hydrogen (secondary N) is 1. The molecule has 1 aromatic heterocycles. The van der Waals surface area contributed by atoms with Gasteiger partial charge in [-0.2, -0.15) is 4.98 Å². The van der Waals surface area contributed by atoms with Crippen LogP contribution in [0.5, 0.6) is 0 Å². The summed E-state index contributed by atoms with van der Waals surface area (Å²) < 4.78 is 5.31. The van der Waals surface area contributed by atoms with Gasteiger partial charge in [0.25, 0.3) is 0 Å². The third kappa shape index (κ3) is 4.96. The summed E-state index contributed by atoms with van der Waals surface area (Å²) in [6, 6.07) is 0.169. The third-order valence-corrected chi connectivity index (χ3v) is 5.45. The van der Waals surface area contributed by atoms with Crippen molar-refractivity contribution < 1.29 is 9.32 Å². The van der Waals surface area contributed by atoms with Crippen LogP contribution < -0.4 is 5.32 Å². The number of likely N-dealkylation sites (tertiary alicyclic amines) is 2. The first-order valence-corrected chi connectivity index (χ1v) is 9.98. The van der Waals surface area contributed by atoms with Crippen molar-refractivity contribution in [3.8, 4) is 0 Å². The van der Waals surface area contributed by atoms with Crippen LogP contribution in [0.25, 0.3) is 0 Å². The van der Waals surface area contributed by atoms with E-state index in [9.17, 15) is 4.79 Å². The molecule has 4 atom stereocenters. The first-order valence-electron chi connectivity index (χ1n) is 9.98. The van der Waals surface area contributed by atoms with E-state index >= 15 is 0 Å². The second-order valence-corrected chi connectivity index (χ2v) is 8.48. The number of rotatable bonds is 4. The molecule has 0 aliphatic carbocycles. The molecule has 0 radical (unpaired) electrons. The van der Waals surface area contributed by atoms with Crippen LogP contribution in [0.2, 0.25) is 0 Å². The van der Waals surface area contributed by atoms with E-state index in [2.05, 4.69) is 41.1 Å². The van der Waals surface area contributed by atoms with Gasteiger partial charge in [0.05, 0.1) is 5.92 Å². The van der Waals surface area contributed by atoms with Gasteiger partial charge in [0.15, 0.2) is 5.82 Å². The van der Waals surface area contributed by atoms with Crippen LogP contribution in [0.3, 0.4) is 0 Å². The monoisotopic (exact) mass is 363 g/mol. The van der Waals surface area contributed by atoms with Crippen molar-refractivity contribution in [1.82, 2.24) is 25.3 Å². The second kappa shape index (κ2) is 8.37. The number of amides is 2. The molecule has 3 heterocycles. The van der Waals surface area contributed by atoms with Crippen LogP contribution in [-0.4, -0.2) is 64.7 Å². The number of carbonyl (C=O) groups is 1. The van der Waals surface area contributed by atoms with Crippen molar-refractivity contribution >= 4 is 6.03 Å². The number of carbonyl (C=O) groups excluding carboxylic acids is 1. The highest BCUT2D eigenvalue weighted by atomic mass is 16.5. The van der Waals surface area contributed by atoms with E-state index in [4.69, 9.17) is 4.52 Å². The van der Waals surface area contributed by atoms with Crippen molar-refractivity contribution in [1.29, 1.82) is 0 Å². The van der Waals surface area contributed by atoms with Crippen molar-refractivity contribution in [2.24, 2.45) is 11.8 Å². The molecule has 2 aliphatic heterocycles. The Morgan fingerprint density at radius 3 is 2.69 bits per heavy atom. The summed E-state index contributed by atoms with van der Waals surface area (Å²) >= 11 is 0. The summed E-state index contributed by atoms with van der Waals surface area (Å²) in [5.74, 6) is 2.93. The van der Waals surface area contributed by atoms with Gasteiger partial charge in [-0.05, 0) is 44.9 Å². The number of piperidine rings is 2. The first-order chi connectivity index (χ1) is 12.4. The van der Waals surface area contributed by atoms with Gasteiger partial charge >= 0.3 is 6.03 Å². The maximum absolute atomic E-state index is 12.7. The van der Waals surface area contributed by atoms with Crippen molar-refractivity contribution in [2.75, 3.05) is 32.7 Å². The zero-order chi connectivity index (χ0) is 18.7. The number of hydrogen-bond acceptors (Lipinski definition) is 5. The molecule has 2 fully saturated rings. The number of aryl methyl sites for hydroxylation is 1. The fourth-order valence-corrected chi connectivity index (χ4v) is 4.52. The van der Waals surface area contributed by atoms with Crippen LogP contribution in [0.15, 0.2) is 4.52 Å². The molecular weight excluding hydrogens is 330 g/mol. The second-order valence-electron chi connectivity index (χ2n) is 8.48. The molecule has 3 rings (SSSR count). The molecule has 1 aromatic rings. The Morgan fingerprint density at radius 2 is 2.04 bits per heavy atom. The van der Waals surface area contributed by atoms with Crippen LogP contribution in [0.4, 0.5) is 4.79 Å². The van der Waals surface area contributed by atoms with Gasteiger partial charge in [-0.15, -0.1) is 0 Å². The molecule has 4 unspecified atom stereocenters. The lowest BCUT2D eigenvalue weighted by molar-refractivity contribution is 0.127. The van der Waals surface area contributed by atoms with Crippen molar-refractivity contribution in [3.05, 3.63) is 11.7 Å². The van der Waals surface area contributed by atoms with E-state index in [0.29, 0.717) is 18.3 Å². The lowest BCUT2D eigenvalue weighted by Gasteiger charge is -2.37. The van der Waals surface area contributed by atoms with Crippen LogP contribution >= 0.6 is 0 Å². The predicted octanol–water partition coefficient (Wildman–Crippen LogP) is 2.63. The van der Waals surface area contributed by atoms with E-state index in [1.54, 1.807) is 0 Å². The van der Waals surface area contributed by atoms with Gasteiger partial charge in [-0.3, -0.25) is 0 Å². The van der Waals surface area contributed by atoms with E-state index in [0.717, 1.165) is 50.9 Å². The molecular formula is C19H33N5O2. The quantitative estimate of drug-likeness (QED) is 0.890. The Balaban J connectivity index is 1.49. The Kier molecular flexibility index (Phi) is 6.16. The van der Waals surface area contributed by atoms with Crippen LogP contribution in [-0.2, 0) is 0 Å². The van der Waals surface area contributed by atoms with Crippen LogP contribution in [0.1, 0.15) is 57.7 Å². The van der Waals surface area contributed by atoms with E-state index in [1.165, 1.54) is 6.42 Å². The Labute approximate surface area is 156 Å². The summed E-state index contributed by atoms with van der Waals surface area (Å²) in [6.07, 6.45) is 3.27. The Morgan fingerprint density at radius 1 is 1.31 bits per heavy atom. The lowest BCUT2D eigenvalue weighted by atomic mass is 9.92. The highest BCUT2D eigenvalue weighted by Crippen LogP contribution is 2.26. The zero-order valence-corrected chi connectivity index (χ0v) is 16.6. The SMILES string of the molecule is Cc1noc(C2CCCN(C(=O)NC(C)CN3CC(C)CC(C)C3)C2)n1. The highest BCUT2D eigenvalue weighted by Gasteiger charge is 2.29. The molecule has 2 amide bonds. The van der Waals surface area contributed by atoms with Gasteiger partial charge in [0.1, 0.15) is 0 Å². The molecule has 7 heteroatoms. The van der Waals surface area contributed by atoms with Gasteiger partial charge < -0.3 is 19.6 Å². The minimum atomic E-state index is 0.0246. The minimum Gasteiger partial charge on any atom is -0.339 e. The number of aromatic nitrogens is 2. The molecule has 146 valence electrons. The molecule has 2 aliphatic rings. The van der Waals surface area contributed by atoms with E-state index in [1.807, 2.05) is 11.8 Å². The third-order valence-electron chi connectivity index (χ3n) is 5.45. The van der Waals surface area contributed by atoms with Crippen molar-refractivity contribution in [3.63, 3.8) is 0 Å². The first kappa shape index (κ1) is 19.1. The maximum atomic E-state index is 12.7. The Hall–Kier alpha value is -1.63. The molecule has 26 heavy (non-hydrogen) atoms. The van der Waals surface area contributed by atoms with Crippen molar-refractivity contribution in [2.45, 2.75) is 58.9 Å². The fraction of sp³-hybridized carbons (Fsp3) is 0.842. The summed E-state index contributed by atoms with van der Waals surface area (Å²) in [5, 5.41) is 7.06. The number of urea groups is 1. The molecule has 0 bridgehead atoms. The van der Waals surface area contributed by atoms with E-state index in [-0.39, 0.29) is 18.0 Å². The summed E-state index contributed by atoms with van der Waals surface area (Å²) in [6.45, 7) is 13.2. The number of hydrogen-bond donors (Lipinski definition) is 1. The molecule has 0 saturated carbocycles. The smallest absolute Gasteiger partial charge is 0.317 e. The predicted molar refractivity (Wildman–Crippen MR) is 100.0 cm³/mol. The van der Waals surface area contributed by atoms with E-state index < -0.39 is 0 Å². The maximum Gasteiger partial charge on any atom is 0.317 e. The summed E-state index contributed by atoms with van der Waals surface area (Å²) in [4.78, 5) is 21.4. The summed E-state index contributed by atoms with van der Waals surface area (Å²) in [5.41, 5.74) is 0. The average Bonchev–Trinajstić information content (AvgIpc) is 3.00. The minimum absolute atomic E-state index is 0.0246. The van der Waals surface area contributed by atoms with Gasteiger partial charge in [-0.1, -0.05) is 19.0 Å². The topological polar surface area (TPSA) is 74.5 Å². The van der Waals surface area contributed by atoms with Gasteiger partial charge in [0.2, 0.25) is 5.89 Å².